The van der Waals surface area contributed by atoms with Gasteiger partial charge < -0.3 is 24.4 Å². The maximum Gasteiger partial charge on any atom is 0.422 e. The molecule has 1 heterocycles. The first-order valence-corrected chi connectivity index (χ1v) is 8.25. The van der Waals surface area contributed by atoms with Gasteiger partial charge in [0, 0.05) is 31.7 Å². The Hall–Kier alpha value is -2.11. The number of hydrogen-bond donors (Lipinski definition) is 1. The summed E-state index contributed by atoms with van der Waals surface area (Å²) in [5, 5.41) is 14.4. The van der Waals surface area contributed by atoms with Gasteiger partial charge in [-0.25, -0.2) is 0 Å². The number of likely N-dealkylation sites (N-methyl/N-ethyl adjacent to an activating group) is 1. The molecule has 1 fully saturated rings. The largest absolute Gasteiger partial charge is 0.493 e. The average molecular weight is 393 g/mol. The highest BCUT2D eigenvalue weighted by Crippen LogP contribution is 2.35. The second-order valence-corrected chi connectivity index (χ2v) is 6.18. The molecule has 152 valence electrons. The summed E-state index contributed by atoms with van der Waals surface area (Å²) in [7, 11) is 3.23. The molecule has 11 heteroatoms. The van der Waals surface area contributed by atoms with Crippen LogP contribution in [0.25, 0.3) is 0 Å². The zero-order valence-electron chi connectivity index (χ0n) is 15.0. The van der Waals surface area contributed by atoms with E-state index in [0.717, 1.165) is 19.2 Å². The number of alkyl halides is 3. The van der Waals surface area contributed by atoms with Gasteiger partial charge in [-0.05, 0) is 13.1 Å². The fraction of sp³-hybridized carbons (Fsp3) is 0.625. The van der Waals surface area contributed by atoms with Gasteiger partial charge >= 0.3 is 6.18 Å². The van der Waals surface area contributed by atoms with Crippen molar-refractivity contribution in [2.75, 3.05) is 47.0 Å². The summed E-state index contributed by atoms with van der Waals surface area (Å²) in [5.74, 6) is -0.335. The van der Waals surface area contributed by atoms with Crippen LogP contribution < -0.4 is 14.8 Å². The molecule has 0 bridgehead atoms. The summed E-state index contributed by atoms with van der Waals surface area (Å²) in [5.41, 5.74) is -0.0671. The lowest BCUT2D eigenvalue weighted by atomic mass is 10.1. The van der Waals surface area contributed by atoms with E-state index in [1.54, 1.807) is 0 Å². The molecule has 0 radical (unpaired) electrons. The van der Waals surface area contributed by atoms with E-state index >= 15 is 0 Å². The minimum absolute atomic E-state index is 0.00435. The molecule has 2 rings (SSSR count). The molecule has 1 atom stereocenters. The van der Waals surface area contributed by atoms with Crippen LogP contribution in [0.4, 0.5) is 18.9 Å². The maximum atomic E-state index is 12.4. The van der Waals surface area contributed by atoms with Gasteiger partial charge in [-0.15, -0.1) is 0 Å². The standard InChI is InChI=1S/C16H22F3N3O5/c1-21-3-4-26-12(9-21)8-20-7-11-5-14(25-2)15(6-13(11)22(23)24)27-10-16(17,18)19/h5-6,12,20H,3-4,7-10H2,1-2H3. The van der Waals surface area contributed by atoms with Crippen LogP contribution >= 0.6 is 0 Å². The number of ether oxygens (including phenoxy) is 3. The summed E-state index contributed by atoms with van der Waals surface area (Å²) < 4.78 is 52.4. The van der Waals surface area contributed by atoms with Crippen LogP contribution in [0.5, 0.6) is 11.5 Å². The fourth-order valence-electron chi connectivity index (χ4n) is 2.69. The van der Waals surface area contributed by atoms with Gasteiger partial charge in [0.25, 0.3) is 5.69 Å². The number of rotatable bonds is 8. The number of nitro benzene ring substituents is 1. The third kappa shape index (κ3) is 6.52. The normalized spacial score (nSPS) is 18.3. The molecule has 1 aliphatic heterocycles. The Morgan fingerprint density at radius 3 is 2.74 bits per heavy atom. The number of nitrogens with zero attached hydrogens (tertiary/aromatic N) is 2. The van der Waals surface area contributed by atoms with E-state index in [1.165, 1.54) is 13.2 Å². The monoisotopic (exact) mass is 393 g/mol. The van der Waals surface area contributed by atoms with E-state index in [2.05, 4.69) is 15.0 Å². The predicted molar refractivity (Wildman–Crippen MR) is 90.1 cm³/mol. The van der Waals surface area contributed by atoms with Gasteiger partial charge in [-0.3, -0.25) is 10.1 Å². The van der Waals surface area contributed by atoms with Gasteiger partial charge in [0.2, 0.25) is 0 Å². The Balaban J connectivity index is 2.08. The van der Waals surface area contributed by atoms with Gasteiger partial charge in [0.15, 0.2) is 18.1 Å². The van der Waals surface area contributed by atoms with Crippen molar-refractivity contribution in [3.63, 3.8) is 0 Å². The molecule has 1 saturated heterocycles. The highest BCUT2D eigenvalue weighted by atomic mass is 19.4. The number of morpholine rings is 1. The number of hydrogen-bond acceptors (Lipinski definition) is 7. The summed E-state index contributed by atoms with van der Waals surface area (Å²) in [6, 6.07) is 2.26. The lowest BCUT2D eigenvalue weighted by molar-refractivity contribution is -0.385. The van der Waals surface area contributed by atoms with Gasteiger partial charge in [0.05, 0.1) is 30.8 Å². The second kappa shape index (κ2) is 9.20. The van der Waals surface area contributed by atoms with E-state index in [-0.39, 0.29) is 35.4 Å². The highest BCUT2D eigenvalue weighted by Gasteiger charge is 2.30. The van der Waals surface area contributed by atoms with Crippen LogP contribution in [0.3, 0.4) is 0 Å². The lowest BCUT2D eigenvalue weighted by Gasteiger charge is -2.30. The van der Waals surface area contributed by atoms with Crippen LogP contribution in [0, 0.1) is 10.1 Å². The van der Waals surface area contributed by atoms with Crippen LogP contribution in [-0.2, 0) is 11.3 Å². The third-order valence-electron chi connectivity index (χ3n) is 3.98. The van der Waals surface area contributed by atoms with E-state index in [1.807, 2.05) is 7.05 Å². The van der Waals surface area contributed by atoms with Crippen molar-refractivity contribution < 1.29 is 32.3 Å². The number of nitro groups is 1. The average Bonchev–Trinajstić information content (AvgIpc) is 2.59. The number of methoxy groups -OCH3 is 1. The minimum Gasteiger partial charge on any atom is -0.493 e. The Morgan fingerprint density at radius 2 is 2.15 bits per heavy atom. The fourth-order valence-corrected chi connectivity index (χ4v) is 2.69. The van der Waals surface area contributed by atoms with Crippen molar-refractivity contribution in [3.05, 3.63) is 27.8 Å². The Bertz CT molecular complexity index is 657. The first-order valence-electron chi connectivity index (χ1n) is 8.25. The summed E-state index contributed by atoms with van der Waals surface area (Å²) in [6.45, 7) is 1.25. The van der Waals surface area contributed by atoms with E-state index in [4.69, 9.17) is 9.47 Å². The Kier molecular flexibility index (Phi) is 7.22. The maximum absolute atomic E-state index is 12.4. The quantitative estimate of drug-likeness (QED) is 0.534. The van der Waals surface area contributed by atoms with E-state index in [9.17, 15) is 23.3 Å². The zero-order chi connectivity index (χ0) is 20.0. The predicted octanol–water partition coefficient (Wildman–Crippen LogP) is 1.96. The van der Waals surface area contributed by atoms with E-state index < -0.39 is 17.7 Å². The summed E-state index contributed by atoms with van der Waals surface area (Å²) >= 11 is 0. The van der Waals surface area contributed by atoms with E-state index in [0.29, 0.717) is 13.2 Å². The molecule has 0 amide bonds. The van der Waals surface area contributed by atoms with Crippen LogP contribution in [-0.4, -0.2) is 69.1 Å². The topological polar surface area (TPSA) is 86.1 Å². The summed E-state index contributed by atoms with van der Waals surface area (Å²) in [4.78, 5) is 12.8. The smallest absolute Gasteiger partial charge is 0.422 e. The molecule has 0 aliphatic carbocycles. The van der Waals surface area contributed by atoms with Crippen LogP contribution in [0.1, 0.15) is 5.56 Å². The number of benzene rings is 1. The van der Waals surface area contributed by atoms with Crippen molar-refractivity contribution in [2.45, 2.75) is 18.8 Å². The molecule has 27 heavy (non-hydrogen) atoms. The SMILES string of the molecule is COc1cc(CNCC2CN(C)CCO2)c([N+](=O)[O-])cc1OCC(F)(F)F. The van der Waals surface area contributed by atoms with Crippen molar-refractivity contribution in [1.82, 2.24) is 10.2 Å². The van der Waals surface area contributed by atoms with Crippen molar-refractivity contribution in [3.8, 4) is 11.5 Å². The third-order valence-corrected chi connectivity index (χ3v) is 3.98. The molecule has 1 N–H and O–H groups in total. The molecule has 1 aromatic rings. The molecule has 0 saturated carbocycles. The van der Waals surface area contributed by atoms with Crippen LogP contribution in [0.15, 0.2) is 12.1 Å². The Labute approximate surface area is 154 Å². The zero-order valence-corrected chi connectivity index (χ0v) is 15.0. The summed E-state index contributed by atoms with van der Waals surface area (Å²) in [6.07, 6.45) is -4.60. The molecular formula is C16H22F3N3O5. The molecule has 1 aromatic carbocycles. The molecular weight excluding hydrogens is 371 g/mol. The number of halogens is 3. The lowest BCUT2D eigenvalue weighted by Crippen LogP contribution is -2.44. The number of nitrogens with one attached hydrogen (secondary N) is 1. The Morgan fingerprint density at radius 1 is 1.41 bits per heavy atom. The minimum atomic E-state index is -4.56. The molecule has 1 unspecified atom stereocenters. The van der Waals surface area contributed by atoms with Crippen molar-refractivity contribution >= 4 is 5.69 Å². The molecule has 0 aromatic heterocycles. The van der Waals surface area contributed by atoms with Gasteiger partial charge in [-0.2, -0.15) is 13.2 Å². The van der Waals surface area contributed by atoms with Gasteiger partial charge in [0.1, 0.15) is 0 Å². The van der Waals surface area contributed by atoms with Crippen molar-refractivity contribution in [2.24, 2.45) is 0 Å². The van der Waals surface area contributed by atoms with Crippen molar-refractivity contribution in [1.29, 1.82) is 0 Å². The van der Waals surface area contributed by atoms with Crippen LogP contribution in [0.2, 0.25) is 0 Å². The molecule has 0 spiro atoms. The molecule has 1 aliphatic rings. The highest BCUT2D eigenvalue weighted by molar-refractivity contribution is 5.54. The molecule has 8 nitrogen and oxygen atoms in total. The second-order valence-electron chi connectivity index (χ2n) is 6.18. The first kappa shape index (κ1) is 21.2. The van der Waals surface area contributed by atoms with Gasteiger partial charge in [-0.1, -0.05) is 0 Å². The first-order chi connectivity index (χ1) is 12.7.